The van der Waals surface area contributed by atoms with Gasteiger partial charge in [-0.2, -0.15) is 5.26 Å². The lowest BCUT2D eigenvalue weighted by Crippen LogP contribution is -2.03. The Labute approximate surface area is 158 Å². The van der Waals surface area contributed by atoms with Gasteiger partial charge in [0, 0.05) is 17.7 Å². The summed E-state index contributed by atoms with van der Waals surface area (Å²) < 4.78 is 0.981. The van der Waals surface area contributed by atoms with Gasteiger partial charge < -0.3 is 5.11 Å². The molecular weight excluding hydrogens is 491 g/mol. The summed E-state index contributed by atoms with van der Waals surface area (Å²) >= 11 is 5.11. The van der Waals surface area contributed by atoms with Gasteiger partial charge in [0.05, 0.1) is 13.0 Å². The number of allylic oxidation sites excluding steroid dienone is 1. The fraction of sp³-hybridized carbons (Fsp3) is 0. The zero-order valence-corrected chi connectivity index (χ0v) is 15.6. The van der Waals surface area contributed by atoms with Crippen LogP contribution in [-0.2, 0) is 0 Å². The maximum atomic E-state index is 12.4. The predicted octanol–water partition coefficient (Wildman–Crippen LogP) is 4.46. The number of hydrogen-bond acceptors (Lipinski definition) is 5. The van der Waals surface area contributed by atoms with E-state index in [1.54, 1.807) is 12.1 Å². The number of benzene rings is 2. The van der Waals surface area contributed by atoms with Crippen LogP contribution in [0.25, 0.3) is 6.08 Å². The number of phenolic OH excluding ortho intramolecular Hbond substituents is 1. The van der Waals surface area contributed by atoms with Crippen LogP contribution in [0.1, 0.15) is 15.9 Å². The van der Waals surface area contributed by atoms with Gasteiger partial charge >= 0.3 is 0 Å². The summed E-state index contributed by atoms with van der Waals surface area (Å²) in [5.41, 5.74) is 0.216. The number of non-ortho nitro benzene ring substituents is 1. The van der Waals surface area contributed by atoms with Gasteiger partial charge in [0.2, 0.25) is 5.78 Å². The number of nitro benzene ring substituents is 1. The van der Waals surface area contributed by atoms with Crippen molar-refractivity contribution >= 4 is 56.1 Å². The van der Waals surface area contributed by atoms with E-state index in [-0.39, 0.29) is 22.6 Å². The van der Waals surface area contributed by atoms with Crippen molar-refractivity contribution < 1.29 is 14.8 Å². The molecule has 2 aromatic rings. The summed E-state index contributed by atoms with van der Waals surface area (Å²) in [5.74, 6) is -0.545. The van der Waals surface area contributed by atoms with E-state index < -0.39 is 10.7 Å². The molecular formula is C16H8BrIN2O4. The van der Waals surface area contributed by atoms with E-state index in [0.29, 0.717) is 13.6 Å². The molecule has 0 aliphatic rings. The SMILES string of the molecule is N#C/C(=C\c1cc(Br)c(O)c(I)c1)C(=O)c1cccc([N+](=O)[O-])c1. The summed E-state index contributed by atoms with van der Waals surface area (Å²) in [6, 6.07) is 10.2. The highest BCUT2D eigenvalue weighted by Gasteiger charge is 2.16. The van der Waals surface area contributed by atoms with Crippen LogP contribution in [-0.4, -0.2) is 15.8 Å². The molecule has 6 nitrogen and oxygen atoms in total. The molecule has 0 amide bonds. The summed E-state index contributed by atoms with van der Waals surface area (Å²) in [4.78, 5) is 22.6. The van der Waals surface area contributed by atoms with Gasteiger partial charge in [-0.05, 0) is 62.3 Å². The van der Waals surface area contributed by atoms with Gasteiger partial charge in [-0.15, -0.1) is 0 Å². The Hall–Kier alpha value is -2.25. The van der Waals surface area contributed by atoms with Crippen LogP contribution < -0.4 is 0 Å². The number of nitriles is 1. The summed E-state index contributed by atoms with van der Waals surface area (Å²) in [5, 5.41) is 29.8. The van der Waals surface area contributed by atoms with Gasteiger partial charge in [0.25, 0.3) is 5.69 Å². The number of nitrogens with zero attached hydrogens (tertiary/aromatic N) is 2. The second kappa shape index (κ2) is 7.55. The van der Waals surface area contributed by atoms with Gasteiger partial charge in [0.1, 0.15) is 17.4 Å². The topological polar surface area (TPSA) is 104 Å². The van der Waals surface area contributed by atoms with Crippen molar-refractivity contribution in [2.75, 3.05) is 0 Å². The standard InChI is InChI=1S/C16H8BrIN2O4/c17-13-5-9(6-14(18)16(13)22)4-11(8-19)15(21)10-2-1-3-12(7-10)20(23)24/h1-7,22H/b11-4+. The second-order valence-corrected chi connectivity index (χ2v) is 6.66. The van der Waals surface area contributed by atoms with Gasteiger partial charge in [-0.1, -0.05) is 12.1 Å². The van der Waals surface area contributed by atoms with E-state index in [1.165, 1.54) is 24.3 Å². The Morgan fingerprint density at radius 1 is 1.38 bits per heavy atom. The van der Waals surface area contributed by atoms with Gasteiger partial charge in [-0.3, -0.25) is 14.9 Å². The Balaban J connectivity index is 2.45. The van der Waals surface area contributed by atoms with E-state index in [0.717, 1.165) is 6.07 Å². The molecule has 0 aromatic heterocycles. The van der Waals surface area contributed by atoms with Crippen molar-refractivity contribution in [2.24, 2.45) is 0 Å². The van der Waals surface area contributed by atoms with Crippen LogP contribution in [0.2, 0.25) is 0 Å². The largest absolute Gasteiger partial charge is 0.506 e. The Morgan fingerprint density at radius 2 is 2.08 bits per heavy atom. The van der Waals surface area contributed by atoms with Crippen molar-refractivity contribution in [3.63, 3.8) is 0 Å². The summed E-state index contributed by atoms with van der Waals surface area (Å²) in [6.45, 7) is 0. The molecule has 0 saturated carbocycles. The molecule has 2 rings (SSSR count). The zero-order valence-electron chi connectivity index (χ0n) is 11.9. The first-order valence-electron chi connectivity index (χ1n) is 6.42. The van der Waals surface area contributed by atoms with Crippen LogP contribution in [0, 0.1) is 25.0 Å². The molecule has 0 heterocycles. The molecule has 0 aliphatic carbocycles. The highest BCUT2D eigenvalue weighted by atomic mass is 127. The number of hydrogen-bond donors (Lipinski definition) is 1. The van der Waals surface area contributed by atoms with Crippen LogP contribution in [0.15, 0.2) is 46.4 Å². The quantitative estimate of drug-likeness (QED) is 0.167. The number of rotatable bonds is 4. The van der Waals surface area contributed by atoms with E-state index in [2.05, 4.69) is 15.9 Å². The maximum absolute atomic E-state index is 12.4. The number of Topliss-reactive ketones (excluding diaryl/α,β-unsaturated/α-hetero) is 1. The Kier molecular flexibility index (Phi) is 5.69. The molecule has 120 valence electrons. The lowest BCUT2D eigenvalue weighted by atomic mass is 10.0. The van der Waals surface area contributed by atoms with Crippen molar-refractivity contribution in [2.45, 2.75) is 0 Å². The molecule has 0 saturated heterocycles. The Morgan fingerprint density at radius 3 is 2.67 bits per heavy atom. The van der Waals surface area contributed by atoms with Gasteiger partial charge in [-0.25, -0.2) is 0 Å². The van der Waals surface area contributed by atoms with Gasteiger partial charge in [0.15, 0.2) is 0 Å². The van der Waals surface area contributed by atoms with Crippen LogP contribution in [0.5, 0.6) is 5.75 Å². The van der Waals surface area contributed by atoms with Crippen LogP contribution in [0.4, 0.5) is 5.69 Å². The number of phenols is 1. The average molecular weight is 499 g/mol. The van der Waals surface area contributed by atoms with Crippen molar-refractivity contribution in [3.8, 4) is 11.8 Å². The molecule has 2 aromatic carbocycles. The van der Waals surface area contributed by atoms with Crippen molar-refractivity contribution in [1.29, 1.82) is 5.26 Å². The molecule has 0 radical (unpaired) electrons. The maximum Gasteiger partial charge on any atom is 0.270 e. The smallest absolute Gasteiger partial charge is 0.270 e. The zero-order chi connectivity index (χ0) is 17.9. The molecule has 0 spiro atoms. The van der Waals surface area contributed by atoms with Crippen LogP contribution in [0.3, 0.4) is 0 Å². The first-order valence-corrected chi connectivity index (χ1v) is 8.29. The molecule has 1 N–H and O–H groups in total. The first kappa shape index (κ1) is 18.1. The number of ketones is 1. The van der Waals surface area contributed by atoms with Crippen molar-refractivity contribution in [3.05, 3.63) is 71.3 Å². The van der Waals surface area contributed by atoms with Crippen LogP contribution >= 0.6 is 38.5 Å². The third kappa shape index (κ3) is 3.98. The van der Waals surface area contributed by atoms with E-state index in [1.807, 2.05) is 28.7 Å². The highest BCUT2D eigenvalue weighted by Crippen LogP contribution is 2.31. The minimum absolute atomic E-state index is 0.0598. The Bertz CT molecular complexity index is 896. The van der Waals surface area contributed by atoms with Crippen molar-refractivity contribution in [1.82, 2.24) is 0 Å². The third-order valence-electron chi connectivity index (χ3n) is 3.03. The highest BCUT2D eigenvalue weighted by molar-refractivity contribution is 14.1. The summed E-state index contributed by atoms with van der Waals surface area (Å²) in [6.07, 6.45) is 1.37. The first-order chi connectivity index (χ1) is 11.3. The summed E-state index contributed by atoms with van der Waals surface area (Å²) in [7, 11) is 0. The number of nitro groups is 1. The minimum atomic E-state index is -0.611. The number of carbonyl (C=O) groups excluding carboxylic acids is 1. The second-order valence-electron chi connectivity index (χ2n) is 4.64. The fourth-order valence-corrected chi connectivity index (χ4v) is 3.40. The normalized spacial score (nSPS) is 11.0. The molecule has 0 unspecified atom stereocenters. The molecule has 0 bridgehead atoms. The third-order valence-corrected chi connectivity index (χ3v) is 4.46. The molecule has 0 fully saturated rings. The van der Waals surface area contributed by atoms with E-state index in [4.69, 9.17) is 0 Å². The lowest BCUT2D eigenvalue weighted by molar-refractivity contribution is -0.384. The minimum Gasteiger partial charge on any atom is -0.506 e. The molecule has 0 aliphatic heterocycles. The van der Waals surface area contributed by atoms with E-state index in [9.17, 15) is 25.3 Å². The average Bonchev–Trinajstić information content (AvgIpc) is 2.56. The van der Waals surface area contributed by atoms with E-state index >= 15 is 0 Å². The monoisotopic (exact) mass is 498 g/mol. The predicted molar refractivity (Wildman–Crippen MR) is 99.5 cm³/mol. The fourth-order valence-electron chi connectivity index (χ4n) is 1.90. The number of aromatic hydroxyl groups is 1. The lowest BCUT2D eigenvalue weighted by Gasteiger charge is -2.04. The number of carbonyl (C=O) groups is 1. The molecule has 8 heteroatoms. The molecule has 24 heavy (non-hydrogen) atoms. The molecule has 0 atom stereocenters. The number of halogens is 2.